The van der Waals surface area contributed by atoms with E-state index in [1.54, 1.807) is 0 Å². The van der Waals surface area contributed by atoms with Gasteiger partial charge in [0.2, 0.25) is 0 Å². The van der Waals surface area contributed by atoms with Crippen LogP contribution in [0.15, 0.2) is 34.1 Å². The lowest BCUT2D eigenvalue weighted by atomic mass is 9.99. The first kappa shape index (κ1) is 12.2. The summed E-state index contributed by atoms with van der Waals surface area (Å²) in [6, 6.07) is 7.47. The zero-order valence-electron chi connectivity index (χ0n) is 10.2. The maximum atomic E-state index is 5.82. The Hall–Kier alpha value is -1.88. The van der Waals surface area contributed by atoms with E-state index in [2.05, 4.69) is 15.5 Å². The van der Waals surface area contributed by atoms with Gasteiger partial charge in [-0.15, -0.1) is 0 Å². The monoisotopic (exact) mass is 277 g/mol. The quantitative estimate of drug-likeness (QED) is 0.809. The summed E-state index contributed by atoms with van der Waals surface area (Å²) < 4.78 is 4.72. The van der Waals surface area contributed by atoms with Crippen LogP contribution in [0.4, 0.5) is 0 Å². The van der Waals surface area contributed by atoms with Gasteiger partial charge in [0, 0.05) is 5.02 Å². The van der Waals surface area contributed by atoms with Gasteiger partial charge in [-0.3, -0.25) is 0 Å². The topological polar surface area (TPSA) is 60.5 Å². The number of nitrogens with zero attached hydrogens (tertiary/aromatic N) is 3. The van der Waals surface area contributed by atoms with E-state index in [0.717, 1.165) is 41.9 Å². The largest absolute Gasteiger partial charge is 0.391 e. The Labute approximate surface area is 115 Å². The molecule has 1 heterocycles. The molecule has 1 aliphatic rings. The van der Waals surface area contributed by atoms with E-state index in [-0.39, 0.29) is 0 Å². The number of rotatable bonds is 3. The Balaban J connectivity index is 1.66. The number of hydrogen-bond donors (Lipinski definition) is 0. The molecule has 0 saturated heterocycles. The Bertz CT molecular complexity index is 592. The molecule has 0 atom stereocenters. The third-order valence-electron chi connectivity index (χ3n) is 2.98. The molecule has 19 heavy (non-hydrogen) atoms. The van der Waals surface area contributed by atoms with Crippen molar-refractivity contribution in [2.45, 2.75) is 25.9 Å². The van der Waals surface area contributed by atoms with Crippen LogP contribution in [0.2, 0.25) is 5.02 Å². The van der Waals surface area contributed by atoms with Crippen LogP contribution in [0.3, 0.4) is 0 Å². The molecule has 0 saturated carbocycles. The maximum Gasteiger partial charge on any atom is 0.155 e. The van der Waals surface area contributed by atoms with Crippen molar-refractivity contribution in [3.8, 4) is 0 Å². The predicted molar refractivity (Wildman–Crippen MR) is 70.0 cm³/mol. The van der Waals surface area contributed by atoms with E-state index < -0.39 is 0 Å². The third-order valence-corrected chi connectivity index (χ3v) is 3.23. The minimum absolute atomic E-state index is 0.404. The van der Waals surface area contributed by atoms with Crippen LogP contribution in [-0.4, -0.2) is 16.0 Å². The molecule has 0 spiro atoms. The number of benzene rings is 1. The minimum Gasteiger partial charge on any atom is -0.391 e. The molecule has 1 aliphatic carbocycles. The van der Waals surface area contributed by atoms with Crippen molar-refractivity contribution < 1.29 is 9.47 Å². The summed E-state index contributed by atoms with van der Waals surface area (Å²) in [6.07, 6.45) is 2.71. The molecule has 98 valence electrons. The second kappa shape index (κ2) is 5.40. The maximum absolute atomic E-state index is 5.82. The first-order chi connectivity index (χ1) is 9.33. The molecular weight excluding hydrogens is 266 g/mol. The summed E-state index contributed by atoms with van der Waals surface area (Å²) in [5.74, 6) is 0. The average Bonchev–Trinajstić information content (AvgIpc) is 2.90. The van der Waals surface area contributed by atoms with Crippen LogP contribution < -0.4 is 0 Å². The van der Waals surface area contributed by atoms with E-state index in [4.69, 9.17) is 21.1 Å². The highest BCUT2D eigenvalue weighted by molar-refractivity contribution is 6.30. The van der Waals surface area contributed by atoms with Crippen molar-refractivity contribution in [2.75, 3.05) is 0 Å². The molecule has 5 nitrogen and oxygen atoms in total. The van der Waals surface area contributed by atoms with Crippen molar-refractivity contribution in [1.82, 2.24) is 10.3 Å². The van der Waals surface area contributed by atoms with E-state index in [0.29, 0.717) is 11.6 Å². The summed E-state index contributed by atoms with van der Waals surface area (Å²) in [6.45, 7) is 0.404. The van der Waals surface area contributed by atoms with Gasteiger partial charge < -0.3 is 4.84 Å². The number of aryl methyl sites for hydroxylation is 1. The summed E-state index contributed by atoms with van der Waals surface area (Å²) in [4.78, 5) is 5.36. The van der Waals surface area contributed by atoms with Crippen LogP contribution in [0, 0.1) is 0 Å². The molecule has 0 amide bonds. The number of aromatic nitrogens is 2. The second-order valence-electron chi connectivity index (χ2n) is 4.35. The van der Waals surface area contributed by atoms with Crippen LogP contribution in [0.1, 0.15) is 29.8 Å². The number of fused-ring (bicyclic) bond motifs is 1. The SMILES string of the molecule is Clc1ccc(CO/N=C2\CCCc3nonc32)cc1. The van der Waals surface area contributed by atoms with E-state index in [9.17, 15) is 0 Å². The van der Waals surface area contributed by atoms with Gasteiger partial charge in [-0.1, -0.05) is 34.0 Å². The first-order valence-electron chi connectivity index (χ1n) is 6.08. The predicted octanol–water partition coefficient (Wildman–Crippen LogP) is 2.98. The Morgan fingerprint density at radius 3 is 2.89 bits per heavy atom. The summed E-state index contributed by atoms with van der Waals surface area (Å²) in [5.41, 5.74) is 3.40. The van der Waals surface area contributed by atoms with Gasteiger partial charge in [0.15, 0.2) is 5.69 Å². The van der Waals surface area contributed by atoms with Gasteiger partial charge in [0.25, 0.3) is 0 Å². The molecule has 1 aromatic carbocycles. The smallest absolute Gasteiger partial charge is 0.155 e. The Morgan fingerprint density at radius 2 is 2.05 bits per heavy atom. The lowest BCUT2D eigenvalue weighted by molar-refractivity contribution is 0.130. The molecule has 0 unspecified atom stereocenters. The molecule has 1 aromatic heterocycles. The number of oxime groups is 1. The summed E-state index contributed by atoms with van der Waals surface area (Å²) in [7, 11) is 0. The minimum atomic E-state index is 0.404. The van der Waals surface area contributed by atoms with Gasteiger partial charge in [0.1, 0.15) is 18.0 Å². The standard InChI is InChI=1S/C13H12ClN3O2/c14-10-6-4-9(5-7-10)8-18-15-11-2-1-3-12-13(11)17-19-16-12/h4-7H,1-3,8H2/b15-11+. The number of halogens is 1. The van der Waals surface area contributed by atoms with Gasteiger partial charge in [0.05, 0.1) is 0 Å². The van der Waals surface area contributed by atoms with Crippen LogP contribution in [0.5, 0.6) is 0 Å². The molecule has 6 heteroatoms. The zero-order valence-corrected chi connectivity index (χ0v) is 10.9. The zero-order chi connectivity index (χ0) is 13.1. The molecule has 0 N–H and O–H groups in total. The Morgan fingerprint density at radius 1 is 1.21 bits per heavy atom. The lowest BCUT2D eigenvalue weighted by Crippen LogP contribution is -2.12. The fourth-order valence-corrected chi connectivity index (χ4v) is 2.11. The van der Waals surface area contributed by atoms with Crippen molar-refractivity contribution in [1.29, 1.82) is 0 Å². The van der Waals surface area contributed by atoms with E-state index >= 15 is 0 Å². The molecular formula is C13H12ClN3O2. The van der Waals surface area contributed by atoms with Crippen LogP contribution in [-0.2, 0) is 17.9 Å². The van der Waals surface area contributed by atoms with Crippen LogP contribution in [0.25, 0.3) is 0 Å². The molecule has 0 radical (unpaired) electrons. The molecule has 3 rings (SSSR count). The van der Waals surface area contributed by atoms with E-state index in [1.807, 2.05) is 24.3 Å². The highest BCUT2D eigenvalue weighted by Crippen LogP contribution is 2.18. The highest BCUT2D eigenvalue weighted by Gasteiger charge is 2.21. The fourth-order valence-electron chi connectivity index (χ4n) is 1.99. The molecule has 0 aliphatic heterocycles. The van der Waals surface area contributed by atoms with Crippen molar-refractivity contribution in [2.24, 2.45) is 5.16 Å². The van der Waals surface area contributed by atoms with Crippen molar-refractivity contribution >= 4 is 17.3 Å². The van der Waals surface area contributed by atoms with Crippen molar-refractivity contribution in [3.05, 3.63) is 46.2 Å². The summed E-state index contributed by atoms with van der Waals surface area (Å²) in [5, 5.41) is 12.6. The van der Waals surface area contributed by atoms with Crippen molar-refractivity contribution in [3.63, 3.8) is 0 Å². The summed E-state index contributed by atoms with van der Waals surface area (Å²) >= 11 is 5.82. The second-order valence-corrected chi connectivity index (χ2v) is 4.79. The highest BCUT2D eigenvalue weighted by atomic mass is 35.5. The molecule has 0 bridgehead atoms. The lowest BCUT2D eigenvalue weighted by Gasteiger charge is -2.09. The normalized spacial score (nSPS) is 16.4. The van der Waals surface area contributed by atoms with Gasteiger partial charge >= 0.3 is 0 Å². The third kappa shape index (κ3) is 2.76. The Kier molecular flexibility index (Phi) is 3.46. The fraction of sp³-hybridized carbons (Fsp3) is 0.308. The van der Waals surface area contributed by atoms with Gasteiger partial charge in [-0.05, 0) is 42.1 Å². The molecule has 2 aromatic rings. The van der Waals surface area contributed by atoms with Gasteiger partial charge in [-0.25, -0.2) is 4.63 Å². The number of hydrogen-bond acceptors (Lipinski definition) is 5. The first-order valence-corrected chi connectivity index (χ1v) is 6.46. The van der Waals surface area contributed by atoms with Gasteiger partial charge in [-0.2, -0.15) is 0 Å². The van der Waals surface area contributed by atoms with E-state index in [1.165, 1.54) is 0 Å². The van der Waals surface area contributed by atoms with Crippen LogP contribution >= 0.6 is 11.6 Å². The molecule has 0 fully saturated rings. The average molecular weight is 278 g/mol.